The van der Waals surface area contributed by atoms with Crippen molar-refractivity contribution in [2.75, 3.05) is 19.6 Å². The Hall–Kier alpha value is -1.66. The van der Waals surface area contributed by atoms with E-state index in [1.807, 2.05) is 4.90 Å². The van der Waals surface area contributed by atoms with Gasteiger partial charge in [0.25, 0.3) is 11.5 Å². The predicted octanol–water partition coefficient (Wildman–Crippen LogP) is 1.79. The van der Waals surface area contributed by atoms with Crippen molar-refractivity contribution >= 4 is 5.91 Å². The number of rotatable bonds is 7. The second-order valence-electron chi connectivity index (χ2n) is 7.85. The minimum Gasteiger partial charge on any atom is -0.379 e. The van der Waals surface area contributed by atoms with E-state index in [1.54, 1.807) is 18.3 Å². The highest BCUT2D eigenvalue weighted by atomic mass is 16.3. The molecule has 6 heteroatoms. The second kappa shape index (κ2) is 8.82. The van der Waals surface area contributed by atoms with Crippen molar-refractivity contribution in [3.63, 3.8) is 0 Å². The first-order chi connectivity index (χ1) is 12.6. The minimum absolute atomic E-state index is 0.143. The summed E-state index contributed by atoms with van der Waals surface area (Å²) in [5, 5.41) is 13.9. The van der Waals surface area contributed by atoms with E-state index in [-0.39, 0.29) is 18.0 Å². The molecule has 0 spiro atoms. The summed E-state index contributed by atoms with van der Waals surface area (Å²) in [7, 11) is 0. The monoisotopic (exact) mass is 361 g/mol. The topological polar surface area (TPSA) is 85.4 Å². The summed E-state index contributed by atoms with van der Waals surface area (Å²) in [4.78, 5) is 29.0. The first-order valence-corrected chi connectivity index (χ1v) is 9.97. The lowest BCUT2D eigenvalue weighted by Crippen LogP contribution is -2.58. The third-order valence-electron chi connectivity index (χ3n) is 5.87. The molecule has 2 heterocycles. The van der Waals surface area contributed by atoms with Crippen LogP contribution < -0.4 is 10.9 Å². The van der Waals surface area contributed by atoms with Gasteiger partial charge < -0.3 is 20.3 Å². The van der Waals surface area contributed by atoms with Crippen molar-refractivity contribution in [2.45, 2.75) is 63.5 Å². The maximum absolute atomic E-state index is 12.8. The lowest BCUT2D eigenvalue weighted by molar-refractivity contribution is -0.156. The molecule has 0 radical (unpaired) electrons. The van der Waals surface area contributed by atoms with Gasteiger partial charge in [0.2, 0.25) is 0 Å². The van der Waals surface area contributed by atoms with Gasteiger partial charge >= 0.3 is 0 Å². The molecule has 1 saturated carbocycles. The van der Waals surface area contributed by atoms with Crippen LogP contribution in [0.25, 0.3) is 0 Å². The van der Waals surface area contributed by atoms with Gasteiger partial charge in [-0.05, 0) is 31.2 Å². The third-order valence-corrected chi connectivity index (χ3v) is 5.87. The molecule has 2 fully saturated rings. The number of aliphatic hydroxyl groups is 1. The number of pyridine rings is 1. The molecule has 1 amide bonds. The molecule has 3 N–H and O–H groups in total. The first-order valence-electron chi connectivity index (χ1n) is 9.97. The van der Waals surface area contributed by atoms with Gasteiger partial charge in [-0.1, -0.05) is 38.2 Å². The van der Waals surface area contributed by atoms with E-state index in [2.05, 4.69) is 10.3 Å². The van der Waals surface area contributed by atoms with Crippen LogP contribution in [0.1, 0.15) is 56.9 Å². The number of piperidine rings is 1. The van der Waals surface area contributed by atoms with Crippen LogP contribution in [-0.2, 0) is 11.3 Å². The lowest BCUT2D eigenvalue weighted by atomic mass is 9.86. The molecule has 0 aromatic carbocycles. The molecule has 2 aliphatic rings. The number of H-pyrrole nitrogens is 1. The van der Waals surface area contributed by atoms with Crippen molar-refractivity contribution in [1.29, 1.82) is 0 Å². The summed E-state index contributed by atoms with van der Waals surface area (Å²) in [5.41, 5.74) is -0.892. The van der Waals surface area contributed by atoms with Gasteiger partial charge in [0.1, 0.15) is 0 Å². The van der Waals surface area contributed by atoms with Gasteiger partial charge in [0, 0.05) is 37.9 Å². The zero-order valence-corrected chi connectivity index (χ0v) is 15.5. The van der Waals surface area contributed by atoms with Crippen molar-refractivity contribution in [3.8, 4) is 0 Å². The van der Waals surface area contributed by atoms with Gasteiger partial charge in [0.05, 0.1) is 0 Å². The number of hydrogen-bond donors (Lipinski definition) is 3. The highest BCUT2D eigenvalue weighted by Gasteiger charge is 2.41. The summed E-state index contributed by atoms with van der Waals surface area (Å²) < 4.78 is 0. The normalized spacial score (nSPS) is 24.8. The molecule has 1 saturated heterocycles. The number of carbonyl (C=O) groups excluding carboxylic acids is 1. The Morgan fingerprint density at radius 2 is 2.04 bits per heavy atom. The van der Waals surface area contributed by atoms with Crippen molar-refractivity contribution in [1.82, 2.24) is 15.2 Å². The second-order valence-corrected chi connectivity index (χ2v) is 7.85. The Morgan fingerprint density at radius 1 is 1.23 bits per heavy atom. The zero-order chi connectivity index (χ0) is 18.4. The number of likely N-dealkylation sites (tertiary alicyclic amines) is 1. The van der Waals surface area contributed by atoms with E-state index in [4.69, 9.17) is 0 Å². The highest BCUT2D eigenvalue weighted by molar-refractivity contribution is 5.86. The largest absolute Gasteiger partial charge is 0.379 e. The van der Waals surface area contributed by atoms with Crippen molar-refractivity contribution in [2.24, 2.45) is 5.92 Å². The zero-order valence-electron chi connectivity index (χ0n) is 15.5. The average Bonchev–Trinajstić information content (AvgIpc) is 2.66. The Balaban J connectivity index is 1.50. The Morgan fingerprint density at radius 3 is 2.81 bits per heavy atom. The number of aromatic nitrogens is 1. The molecular formula is C20H31N3O3. The Kier molecular flexibility index (Phi) is 6.48. The fourth-order valence-corrected chi connectivity index (χ4v) is 4.26. The molecule has 0 bridgehead atoms. The van der Waals surface area contributed by atoms with Crippen LogP contribution in [0.2, 0.25) is 0 Å². The van der Waals surface area contributed by atoms with Crippen LogP contribution in [0.4, 0.5) is 0 Å². The van der Waals surface area contributed by atoms with Crippen LogP contribution in [0.15, 0.2) is 23.1 Å². The summed E-state index contributed by atoms with van der Waals surface area (Å²) in [5.74, 6) is 0.573. The van der Waals surface area contributed by atoms with Crippen molar-refractivity contribution < 1.29 is 9.90 Å². The number of amides is 1. The van der Waals surface area contributed by atoms with Gasteiger partial charge in [-0.2, -0.15) is 0 Å². The van der Waals surface area contributed by atoms with Gasteiger partial charge in [0.15, 0.2) is 5.60 Å². The van der Waals surface area contributed by atoms with E-state index < -0.39 is 5.60 Å². The molecule has 26 heavy (non-hydrogen) atoms. The van der Waals surface area contributed by atoms with E-state index in [9.17, 15) is 14.7 Å². The predicted molar refractivity (Wildman–Crippen MR) is 101 cm³/mol. The van der Waals surface area contributed by atoms with Gasteiger partial charge in [-0.3, -0.25) is 9.59 Å². The van der Waals surface area contributed by atoms with Crippen LogP contribution in [0.5, 0.6) is 0 Å². The summed E-state index contributed by atoms with van der Waals surface area (Å²) >= 11 is 0. The molecule has 6 nitrogen and oxygen atoms in total. The summed E-state index contributed by atoms with van der Waals surface area (Å²) in [6.07, 6.45) is 10.5. The number of aromatic amines is 1. The molecular weight excluding hydrogens is 330 g/mol. The van der Waals surface area contributed by atoms with Crippen LogP contribution in [0, 0.1) is 5.92 Å². The van der Waals surface area contributed by atoms with Crippen LogP contribution >= 0.6 is 0 Å². The molecule has 1 aromatic rings. The highest BCUT2D eigenvalue weighted by Crippen LogP contribution is 2.28. The molecule has 3 rings (SSSR count). The summed E-state index contributed by atoms with van der Waals surface area (Å²) in [6, 6.07) is 3.51. The lowest BCUT2D eigenvalue weighted by Gasteiger charge is -2.39. The van der Waals surface area contributed by atoms with E-state index in [1.165, 1.54) is 32.1 Å². The maximum Gasteiger partial charge on any atom is 0.255 e. The van der Waals surface area contributed by atoms with Crippen LogP contribution in [0.3, 0.4) is 0 Å². The minimum atomic E-state index is -1.35. The molecule has 144 valence electrons. The number of nitrogens with zero attached hydrogens (tertiary/aromatic N) is 1. The molecule has 1 atom stereocenters. The summed E-state index contributed by atoms with van der Waals surface area (Å²) in [6.45, 7) is 2.02. The van der Waals surface area contributed by atoms with Crippen LogP contribution in [-0.4, -0.2) is 46.1 Å². The van der Waals surface area contributed by atoms with Gasteiger partial charge in [-0.25, -0.2) is 0 Å². The first kappa shape index (κ1) is 19.1. The number of nitrogens with one attached hydrogen (secondary N) is 2. The van der Waals surface area contributed by atoms with Gasteiger partial charge in [-0.15, -0.1) is 0 Å². The molecule has 1 aromatic heterocycles. The fourth-order valence-electron chi connectivity index (χ4n) is 4.26. The quantitative estimate of drug-likeness (QED) is 0.691. The molecule has 1 aliphatic carbocycles. The Labute approximate surface area is 155 Å². The average molecular weight is 361 g/mol. The van der Waals surface area contributed by atoms with Crippen molar-refractivity contribution in [3.05, 3.63) is 34.2 Å². The molecule has 0 unspecified atom stereocenters. The van der Waals surface area contributed by atoms with E-state index >= 15 is 0 Å². The van der Waals surface area contributed by atoms with E-state index in [0.717, 1.165) is 31.8 Å². The number of hydrogen-bond acceptors (Lipinski definition) is 4. The standard InChI is InChI=1S/C20H31N3O3/c24-18-17(8-4-11-22-18)14-21-15-20(26)10-5-12-23(19(20)25)13-9-16-6-2-1-3-7-16/h4,8,11,16,21,26H,1-3,5-7,9-10,12-15H2,(H,22,24)/t20-/m1/s1. The Bertz CT molecular complexity index is 654. The smallest absolute Gasteiger partial charge is 0.255 e. The number of carbonyl (C=O) groups is 1. The third kappa shape index (κ3) is 4.74. The fraction of sp³-hybridized carbons (Fsp3) is 0.700. The SMILES string of the molecule is O=C1N(CCC2CCCCC2)CCC[C@@]1(O)CNCc1ccc[nH]c1=O. The maximum atomic E-state index is 12.8. The molecule has 1 aliphatic heterocycles. The van der Waals surface area contributed by atoms with E-state index in [0.29, 0.717) is 18.5 Å².